The highest BCUT2D eigenvalue weighted by molar-refractivity contribution is 6.34. The van der Waals surface area contributed by atoms with Crippen molar-refractivity contribution in [2.75, 3.05) is 0 Å². The zero-order valence-electron chi connectivity index (χ0n) is 16.0. The van der Waals surface area contributed by atoms with Gasteiger partial charge in [-0.1, -0.05) is 40.0 Å². The molecule has 1 N–H and O–H groups in total. The number of aromatic nitrogens is 3. The SMILES string of the molecule is O=C(O)Oc1cc(C2=NOC(c3cc(Cl)cc(Cl)c3)(C(F)(F)F)C2)nn1-c1ncccc1Cl. The van der Waals surface area contributed by atoms with Crippen molar-refractivity contribution in [2.24, 2.45) is 5.16 Å². The number of carboxylic acid groups (broad SMARTS) is 1. The van der Waals surface area contributed by atoms with Crippen LogP contribution in [0.4, 0.5) is 18.0 Å². The van der Waals surface area contributed by atoms with E-state index in [4.69, 9.17) is 49.5 Å². The first kappa shape index (κ1) is 23.1. The number of rotatable bonds is 4. The Kier molecular flexibility index (Phi) is 5.89. The number of benzene rings is 1. The van der Waals surface area contributed by atoms with Gasteiger partial charge in [-0.05, 0) is 30.3 Å². The zero-order chi connectivity index (χ0) is 24.0. The molecule has 1 aliphatic rings. The Morgan fingerprint density at radius 3 is 2.48 bits per heavy atom. The van der Waals surface area contributed by atoms with Gasteiger partial charge in [0.25, 0.3) is 5.60 Å². The Hall–Kier alpha value is -3.02. The number of carbonyl (C=O) groups is 1. The molecule has 0 amide bonds. The van der Waals surface area contributed by atoms with Gasteiger partial charge in [-0.25, -0.2) is 9.78 Å². The van der Waals surface area contributed by atoms with Crippen LogP contribution in [0.3, 0.4) is 0 Å². The Morgan fingerprint density at radius 2 is 1.88 bits per heavy atom. The van der Waals surface area contributed by atoms with Crippen LogP contribution in [-0.4, -0.2) is 37.9 Å². The summed E-state index contributed by atoms with van der Waals surface area (Å²) in [6.45, 7) is 0. The molecule has 1 atom stereocenters. The van der Waals surface area contributed by atoms with Crippen LogP contribution in [0.5, 0.6) is 5.88 Å². The molecule has 1 aromatic carbocycles. The van der Waals surface area contributed by atoms with Crippen LogP contribution in [0, 0.1) is 0 Å². The van der Waals surface area contributed by atoms with E-state index in [1.165, 1.54) is 24.4 Å². The van der Waals surface area contributed by atoms with Gasteiger partial charge in [0, 0.05) is 27.9 Å². The van der Waals surface area contributed by atoms with Gasteiger partial charge >= 0.3 is 12.3 Å². The van der Waals surface area contributed by atoms with Crippen LogP contribution in [0.15, 0.2) is 47.8 Å². The van der Waals surface area contributed by atoms with Crippen molar-refractivity contribution in [2.45, 2.75) is 18.2 Å². The first-order valence-corrected chi connectivity index (χ1v) is 10.0. The number of ether oxygens (including phenoxy) is 1. The van der Waals surface area contributed by atoms with Crippen molar-refractivity contribution in [3.05, 3.63) is 68.9 Å². The van der Waals surface area contributed by atoms with Gasteiger partial charge < -0.3 is 14.7 Å². The average molecular weight is 522 g/mol. The number of oxime groups is 1. The summed E-state index contributed by atoms with van der Waals surface area (Å²) in [5, 5.41) is 16.8. The van der Waals surface area contributed by atoms with E-state index < -0.39 is 24.4 Å². The van der Waals surface area contributed by atoms with Crippen LogP contribution in [0.1, 0.15) is 17.7 Å². The lowest BCUT2D eigenvalue weighted by molar-refractivity contribution is -0.275. The van der Waals surface area contributed by atoms with Crippen LogP contribution >= 0.6 is 34.8 Å². The molecule has 0 saturated heterocycles. The standard InChI is InChI=1S/C19H10Cl3F3N4O4/c20-10-4-9(5-11(21)6-10)18(19(23,24)25)8-14(28-33-18)13-7-15(32-17(30)31)29(27-13)16-12(22)2-1-3-26-16/h1-7H,8H2,(H,30,31). The molecule has 4 rings (SSSR count). The third-order valence-electron chi connectivity index (χ3n) is 4.62. The highest BCUT2D eigenvalue weighted by atomic mass is 35.5. The molecule has 2 aromatic heterocycles. The number of halogens is 6. The maximum atomic E-state index is 14.2. The molecule has 3 heterocycles. The first-order chi connectivity index (χ1) is 15.5. The van der Waals surface area contributed by atoms with E-state index >= 15 is 0 Å². The predicted molar refractivity (Wildman–Crippen MR) is 111 cm³/mol. The molecular formula is C19H10Cl3F3N4O4. The number of hydrogen-bond donors (Lipinski definition) is 1. The van der Waals surface area contributed by atoms with E-state index in [0.29, 0.717) is 0 Å². The monoisotopic (exact) mass is 520 g/mol. The minimum absolute atomic E-state index is 0.00936. The second kappa shape index (κ2) is 8.40. The van der Waals surface area contributed by atoms with E-state index in [1.807, 2.05) is 0 Å². The van der Waals surface area contributed by atoms with E-state index in [9.17, 15) is 18.0 Å². The van der Waals surface area contributed by atoms with Crippen molar-refractivity contribution in [1.29, 1.82) is 0 Å². The van der Waals surface area contributed by atoms with Crippen LogP contribution < -0.4 is 4.74 Å². The van der Waals surface area contributed by atoms with Gasteiger partial charge in [0.1, 0.15) is 11.4 Å². The van der Waals surface area contributed by atoms with Crippen LogP contribution in [-0.2, 0) is 10.4 Å². The number of alkyl halides is 3. The second-order valence-corrected chi connectivity index (χ2v) is 8.03. The molecule has 1 unspecified atom stereocenters. The summed E-state index contributed by atoms with van der Waals surface area (Å²) >= 11 is 17.9. The summed E-state index contributed by atoms with van der Waals surface area (Å²) in [5.41, 5.74) is -3.63. The molecule has 0 saturated carbocycles. The largest absolute Gasteiger partial charge is 0.512 e. The van der Waals surface area contributed by atoms with E-state index in [0.717, 1.165) is 22.9 Å². The summed E-state index contributed by atoms with van der Waals surface area (Å²) in [5.74, 6) is -0.374. The molecule has 8 nitrogen and oxygen atoms in total. The topological polar surface area (TPSA) is 98.8 Å². The quantitative estimate of drug-likeness (QED) is 0.431. The minimum atomic E-state index is -4.92. The van der Waals surface area contributed by atoms with Crippen molar-refractivity contribution in [3.63, 3.8) is 0 Å². The summed E-state index contributed by atoms with van der Waals surface area (Å²) in [7, 11) is 0. The maximum Gasteiger partial charge on any atom is 0.512 e. The smallest absolute Gasteiger partial charge is 0.449 e. The summed E-state index contributed by atoms with van der Waals surface area (Å²) in [6.07, 6.45) is -6.04. The molecule has 0 bridgehead atoms. The normalized spacial score (nSPS) is 18.1. The lowest BCUT2D eigenvalue weighted by Gasteiger charge is -2.29. The number of pyridine rings is 1. The van der Waals surface area contributed by atoms with Crippen molar-refractivity contribution in [1.82, 2.24) is 14.8 Å². The molecule has 0 spiro atoms. The molecule has 0 aliphatic carbocycles. The van der Waals surface area contributed by atoms with Crippen LogP contribution in [0.25, 0.3) is 5.82 Å². The number of nitrogens with zero attached hydrogens (tertiary/aromatic N) is 4. The molecule has 0 radical (unpaired) electrons. The molecule has 172 valence electrons. The summed E-state index contributed by atoms with van der Waals surface area (Å²) < 4.78 is 48.2. The highest BCUT2D eigenvalue weighted by Crippen LogP contribution is 2.49. The second-order valence-electron chi connectivity index (χ2n) is 6.75. The van der Waals surface area contributed by atoms with Gasteiger partial charge in [-0.3, -0.25) is 0 Å². The van der Waals surface area contributed by atoms with Gasteiger partial charge in [-0.15, -0.1) is 0 Å². The van der Waals surface area contributed by atoms with Gasteiger partial charge in [-0.2, -0.15) is 23.0 Å². The Labute approximate surface area is 198 Å². The fourth-order valence-corrected chi connectivity index (χ4v) is 3.91. The van der Waals surface area contributed by atoms with Gasteiger partial charge in [0.05, 0.1) is 11.4 Å². The van der Waals surface area contributed by atoms with Crippen LogP contribution in [0.2, 0.25) is 15.1 Å². The van der Waals surface area contributed by atoms with Crippen molar-refractivity contribution < 1.29 is 32.6 Å². The molecule has 1 aliphatic heterocycles. The molecule has 33 heavy (non-hydrogen) atoms. The lowest BCUT2D eigenvalue weighted by Crippen LogP contribution is -2.42. The third kappa shape index (κ3) is 4.31. The lowest BCUT2D eigenvalue weighted by atomic mass is 9.87. The average Bonchev–Trinajstić information content (AvgIpc) is 3.32. The van der Waals surface area contributed by atoms with Crippen molar-refractivity contribution >= 4 is 46.7 Å². The van der Waals surface area contributed by atoms with E-state index in [-0.39, 0.29) is 43.7 Å². The van der Waals surface area contributed by atoms with Crippen molar-refractivity contribution in [3.8, 4) is 11.7 Å². The fourth-order valence-electron chi connectivity index (χ4n) is 3.18. The molecular weight excluding hydrogens is 512 g/mol. The van der Waals surface area contributed by atoms with E-state index in [2.05, 4.69) is 15.2 Å². The summed E-state index contributed by atoms with van der Waals surface area (Å²) in [4.78, 5) is 20.0. The third-order valence-corrected chi connectivity index (χ3v) is 5.35. The maximum absolute atomic E-state index is 14.2. The Morgan fingerprint density at radius 1 is 1.18 bits per heavy atom. The number of hydrogen-bond acceptors (Lipinski definition) is 6. The molecule has 3 aromatic rings. The fraction of sp³-hybridized carbons (Fsp3) is 0.158. The highest BCUT2D eigenvalue weighted by Gasteiger charge is 2.62. The van der Waals surface area contributed by atoms with E-state index in [1.54, 1.807) is 0 Å². The summed E-state index contributed by atoms with van der Waals surface area (Å²) in [6, 6.07) is 7.50. The molecule has 0 fully saturated rings. The Balaban J connectivity index is 1.78. The first-order valence-electron chi connectivity index (χ1n) is 8.90. The zero-order valence-corrected chi connectivity index (χ0v) is 18.2. The predicted octanol–water partition coefficient (Wildman–Crippen LogP) is 5.87. The van der Waals surface area contributed by atoms with Gasteiger partial charge in [0.2, 0.25) is 5.88 Å². The van der Waals surface area contributed by atoms with Gasteiger partial charge in [0.15, 0.2) is 5.82 Å². The minimum Gasteiger partial charge on any atom is -0.449 e. The molecule has 14 heteroatoms. The Bertz CT molecular complexity index is 1260.